The summed E-state index contributed by atoms with van der Waals surface area (Å²) in [7, 11) is 0. The Kier molecular flexibility index (Phi) is 6.91. The van der Waals surface area contributed by atoms with Gasteiger partial charge in [0.2, 0.25) is 5.83 Å². The van der Waals surface area contributed by atoms with Gasteiger partial charge in [-0.3, -0.25) is 0 Å². The van der Waals surface area contributed by atoms with E-state index in [1.807, 2.05) is 26.8 Å². The average molecular weight is 390 g/mol. The molecule has 0 atom stereocenters. The van der Waals surface area contributed by atoms with Gasteiger partial charge in [0.1, 0.15) is 17.1 Å². The molecule has 1 aromatic rings. The average Bonchev–Trinajstić information content (AvgIpc) is 2.63. The molecule has 0 aromatic heterocycles. The van der Waals surface area contributed by atoms with Gasteiger partial charge in [0.15, 0.2) is 0 Å². The van der Waals surface area contributed by atoms with Gasteiger partial charge >= 0.3 is 5.97 Å². The quantitative estimate of drug-likeness (QED) is 0.426. The predicted octanol–water partition coefficient (Wildman–Crippen LogP) is 5.95. The van der Waals surface area contributed by atoms with E-state index in [1.54, 1.807) is 19.9 Å². The third-order valence-corrected chi connectivity index (χ3v) is 4.54. The maximum atomic E-state index is 14.7. The third kappa shape index (κ3) is 4.75. The number of carbonyl (C=O) groups is 1. The van der Waals surface area contributed by atoms with Crippen LogP contribution in [0.25, 0.3) is 11.1 Å². The van der Waals surface area contributed by atoms with Crippen LogP contribution >= 0.6 is 0 Å². The Morgan fingerprint density at radius 2 is 1.93 bits per heavy atom. The molecule has 0 radical (unpaired) electrons. The number of ether oxygens (including phenoxy) is 3. The lowest BCUT2D eigenvalue weighted by Crippen LogP contribution is -2.30. The summed E-state index contributed by atoms with van der Waals surface area (Å²) in [6.45, 7) is 14.0. The molecule has 0 bridgehead atoms. The summed E-state index contributed by atoms with van der Waals surface area (Å²) >= 11 is 0. The predicted molar refractivity (Wildman–Crippen MR) is 110 cm³/mol. The first-order valence-electron chi connectivity index (χ1n) is 9.88. The number of hydrogen-bond donors (Lipinski definition) is 0. The molecule has 1 heterocycles. The van der Waals surface area contributed by atoms with Crippen LogP contribution in [0, 0.1) is 5.92 Å². The Morgan fingerprint density at radius 3 is 2.50 bits per heavy atom. The molecule has 0 saturated carbocycles. The highest BCUT2D eigenvalue weighted by molar-refractivity contribution is 5.96. The molecular weight excluding hydrogens is 359 g/mol. The number of benzene rings is 1. The lowest BCUT2D eigenvalue weighted by Gasteiger charge is -2.33. The second-order valence-corrected chi connectivity index (χ2v) is 7.81. The minimum atomic E-state index is -0.962. The van der Waals surface area contributed by atoms with Crippen molar-refractivity contribution >= 4 is 17.1 Å². The van der Waals surface area contributed by atoms with Gasteiger partial charge < -0.3 is 14.2 Å². The van der Waals surface area contributed by atoms with Gasteiger partial charge in [0.05, 0.1) is 13.2 Å². The largest absolute Gasteiger partial charge is 0.493 e. The molecule has 1 aliphatic heterocycles. The Labute approximate surface area is 167 Å². The highest BCUT2D eigenvalue weighted by atomic mass is 19.1. The first-order chi connectivity index (χ1) is 13.1. The zero-order chi connectivity index (χ0) is 21.1. The Bertz CT molecular complexity index is 803. The fourth-order valence-electron chi connectivity index (χ4n) is 3.20. The van der Waals surface area contributed by atoms with Crippen molar-refractivity contribution in [2.75, 3.05) is 13.2 Å². The molecule has 0 saturated heterocycles. The highest BCUT2D eigenvalue weighted by Crippen LogP contribution is 2.44. The van der Waals surface area contributed by atoms with Crippen LogP contribution in [0.2, 0.25) is 0 Å². The molecule has 0 spiro atoms. The van der Waals surface area contributed by atoms with Crippen molar-refractivity contribution in [3.05, 3.63) is 35.2 Å². The molecule has 28 heavy (non-hydrogen) atoms. The van der Waals surface area contributed by atoms with Crippen LogP contribution < -0.4 is 9.47 Å². The van der Waals surface area contributed by atoms with E-state index >= 15 is 0 Å². The number of fused-ring (bicyclic) bond motifs is 1. The zero-order valence-corrected chi connectivity index (χ0v) is 17.9. The van der Waals surface area contributed by atoms with Crippen molar-refractivity contribution in [2.24, 2.45) is 5.92 Å². The summed E-state index contributed by atoms with van der Waals surface area (Å²) in [5, 5.41) is 0. The summed E-state index contributed by atoms with van der Waals surface area (Å²) in [6, 6.07) is 3.66. The normalized spacial score (nSPS) is 16.0. The molecule has 0 amide bonds. The van der Waals surface area contributed by atoms with Gasteiger partial charge in [-0.15, -0.1) is 0 Å². The summed E-state index contributed by atoms with van der Waals surface area (Å²) in [5.74, 6) is -0.406. The van der Waals surface area contributed by atoms with E-state index in [4.69, 9.17) is 14.2 Å². The monoisotopic (exact) mass is 390 g/mol. The molecule has 0 aliphatic carbocycles. The van der Waals surface area contributed by atoms with Crippen LogP contribution in [0.1, 0.15) is 66.0 Å². The molecule has 0 fully saturated rings. The van der Waals surface area contributed by atoms with Crippen molar-refractivity contribution < 1.29 is 23.4 Å². The minimum Gasteiger partial charge on any atom is -0.493 e. The topological polar surface area (TPSA) is 44.8 Å². The Hall–Kier alpha value is -2.30. The summed E-state index contributed by atoms with van der Waals surface area (Å²) in [4.78, 5) is 11.9. The number of allylic oxidation sites excluding steroid dienone is 2. The van der Waals surface area contributed by atoms with Crippen LogP contribution in [-0.4, -0.2) is 24.8 Å². The van der Waals surface area contributed by atoms with Crippen molar-refractivity contribution in [3.8, 4) is 11.5 Å². The van der Waals surface area contributed by atoms with E-state index in [0.717, 1.165) is 17.6 Å². The molecule has 4 nitrogen and oxygen atoms in total. The summed E-state index contributed by atoms with van der Waals surface area (Å²) in [6.07, 6.45) is 2.90. The second kappa shape index (κ2) is 8.80. The number of hydrogen-bond acceptors (Lipinski definition) is 4. The highest BCUT2D eigenvalue weighted by Gasteiger charge is 2.30. The van der Waals surface area contributed by atoms with E-state index in [2.05, 4.69) is 19.9 Å². The minimum absolute atomic E-state index is 0.117. The van der Waals surface area contributed by atoms with Crippen molar-refractivity contribution in [1.82, 2.24) is 0 Å². The molecule has 2 rings (SSSR count). The fraction of sp³-hybridized carbons (Fsp3) is 0.522. The number of rotatable bonds is 7. The number of halogens is 1. The molecule has 1 aliphatic rings. The molecule has 154 valence electrons. The van der Waals surface area contributed by atoms with Crippen LogP contribution in [0.3, 0.4) is 0 Å². The molecular formula is C23H31FO4. The lowest BCUT2D eigenvalue weighted by atomic mass is 9.86. The Morgan fingerprint density at radius 1 is 1.25 bits per heavy atom. The fourth-order valence-corrected chi connectivity index (χ4v) is 3.20. The molecule has 0 unspecified atom stereocenters. The van der Waals surface area contributed by atoms with Gasteiger partial charge in [-0.2, -0.15) is 4.39 Å². The van der Waals surface area contributed by atoms with E-state index in [-0.39, 0.29) is 18.1 Å². The smallest absolute Gasteiger partial charge is 0.367 e. The van der Waals surface area contributed by atoms with Gasteiger partial charge in [-0.1, -0.05) is 20.8 Å². The van der Waals surface area contributed by atoms with Gasteiger partial charge in [-0.25, -0.2) is 4.79 Å². The third-order valence-electron chi connectivity index (χ3n) is 4.54. The van der Waals surface area contributed by atoms with Crippen LogP contribution in [0.15, 0.2) is 24.0 Å². The number of carbonyl (C=O) groups excluding carboxylic acids is 1. The summed E-state index contributed by atoms with van der Waals surface area (Å²) < 4.78 is 31.5. The van der Waals surface area contributed by atoms with E-state index in [1.165, 1.54) is 0 Å². The zero-order valence-electron chi connectivity index (χ0n) is 17.9. The lowest BCUT2D eigenvalue weighted by molar-refractivity contribution is -0.140. The van der Waals surface area contributed by atoms with Crippen LogP contribution in [0.4, 0.5) is 4.39 Å². The second-order valence-electron chi connectivity index (χ2n) is 7.81. The molecule has 5 heteroatoms. The van der Waals surface area contributed by atoms with E-state index in [0.29, 0.717) is 23.7 Å². The first-order valence-corrected chi connectivity index (χ1v) is 9.88. The van der Waals surface area contributed by atoms with Crippen molar-refractivity contribution in [1.29, 1.82) is 0 Å². The van der Waals surface area contributed by atoms with Crippen molar-refractivity contribution in [2.45, 2.75) is 60.5 Å². The van der Waals surface area contributed by atoms with Gasteiger partial charge in [-0.05, 0) is 57.7 Å². The van der Waals surface area contributed by atoms with Gasteiger partial charge in [0, 0.05) is 22.8 Å². The SMILES string of the molecule is CCCOc1cc2c(cc1/C(C)=C(/F)C(=O)OCC)C(C(C)C)=CC(C)(C)O2. The Balaban J connectivity index is 2.67. The first kappa shape index (κ1) is 22.0. The van der Waals surface area contributed by atoms with E-state index < -0.39 is 17.4 Å². The standard InChI is InChI=1S/C23H31FO4/c1-8-10-27-19-12-20-17(18(14(3)4)13-23(6,7)28-20)11-16(19)15(5)21(24)22(25)26-9-2/h11-14H,8-10H2,1-7H3/b21-15+. The van der Waals surface area contributed by atoms with Gasteiger partial charge in [0.25, 0.3) is 0 Å². The molecule has 0 N–H and O–H groups in total. The summed E-state index contributed by atoms with van der Waals surface area (Å²) in [5.41, 5.74) is 2.30. The van der Waals surface area contributed by atoms with Crippen molar-refractivity contribution in [3.63, 3.8) is 0 Å². The number of esters is 1. The maximum absolute atomic E-state index is 14.7. The van der Waals surface area contributed by atoms with Crippen LogP contribution in [0.5, 0.6) is 11.5 Å². The van der Waals surface area contributed by atoms with E-state index in [9.17, 15) is 9.18 Å². The van der Waals surface area contributed by atoms with Crippen LogP contribution in [-0.2, 0) is 9.53 Å². The maximum Gasteiger partial charge on any atom is 0.367 e. The molecule has 1 aromatic carbocycles.